The maximum atomic E-state index is 11.4. The van der Waals surface area contributed by atoms with Gasteiger partial charge in [0.05, 0.1) is 23.0 Å². The van der Waals surface area contributed by atoms with E-state index in [-0.39, 0.29) is 0 Å². The molecule has 0 spiro atoms. The topological polar surface area (TPSA) is 96.7 Å². The zero-order chi connectivity index (χ0) is 15.5. The fourth-order valence-electron chi connectivity index (χ4n) is 2.81. The number of aromatic nitrogens is 2. The van der Waals surface area contributed by atoms with Gasteiger partial charge in [0.2, 0.25) is 0 Å². The summed E-state index contributed by atoms with van der Waals surface area (Å²) in [5.74, 6) is 0.0650. The van der Waals surface area contributed by atoms with Crippen LogP contribution in [-0.2, 0) is 19.5 Å². The molecule has 0 aromatic carbocycles. The minimum absolute atomic E-state index is 0.405. The Balaban J connectivity index is 1.55. The van der Waals surface area contributed by atoms with Crippen LogP contribution < -0.4 is 11.1 Å². The molecular weight excluding hydrogens is 298 g/mol. The number of thiophene rings is 1. The van der Waals surface area contributed by atoms with Gasteiger partial charge in [-0.25, -0.2) is 0 Å². The van der Waals surface area contributed by atoms with Crippen molar-refractivity contribution in [3.63, 3.8) is 0 Å². The highest BCUT2D eigenvalue weighted by molar-refractivity contribution is 7.10. The van der Waals surface area contributed by atoms with Crippen molar-refractivity contribution in [3.8, 4) is 6.07 Å². The highest BCUT2D eigenvalue weighted by Gasteiger charge is 2.23. The third-order valence-corrected chi connectivity index (χ3v) is 4.90. The lowest BCUT2D eigenvalue weighted by Gasteiger charge is -2.24. The molecule has 3 rings (SSSR count). The number of nitrogens with two attached hydrogens (primary N) is 1. The Morgan fingerprint density at radius 1 is 1.64 bits per heavy atom. The largest absolute Gasteiger partial charge is 0.365 e. The molecule has 1 atom stereocenters. The molecule has 3 heterocycles. The Hall–Kier alpha value is -2.17. The summed E-state index contributed by atoms with van der Waals surface area (Å²) >= 11 is 1.60. The van der Waals surface area contributed by atoms with Crippen molar-refractivity contribution >= 4 is 17.2 Å². The smallest absolute Gasteiger partial charge is 0.252 e. The summed E-state index contributed by atoms with van der Waals surface area (Å²) in [5, 5.41) is 18.3. The SMILES string of the molecule is N#Cc1csc(CNC[C@H]2CCn3ncc(C(N)=O)c3C2)c1. The average molecular weight is 315 g/mol. The Labute approximate surface area is 132 Å². The van der Waals surface area contributed by atoms with Crippen molar-refractivity contribution < 1.29 is 4.79 Å². The molecule has 2 aromatic rings. The number of hydrogen-bond acceptors (Lipinski definition) is 5. The van der Waals surface area contributed by atoms with Gasteiger partial charge in [0, 0.05) is 23.3 Å². The van der Waals surface area contributed by atoms with Crippen molar-refractivity contribution in [2.75, 3.05) is 6.54 Å². The molecule has 1 aliphatic rings. The van der Waals surface area contributed by atoms with E-state index >= 15 is 0 Å². The number of amides is 1. The first kappa shape index (κ1) is 14.8. The fraction of sp³-hybridized carbons (Fsp3) is 0.400. The highest BCUT2D eigenvalue weighted by Crippen LogP contribution is 2.22. The fourth-order valence-corrected chi connectivity index (χ4v) is 3.59. The molecule has 0 bridgehead atoms. The summed E-state index contributed by atoms with van der Waals surface area (Å²) in [7, 11) is 0. The minimum atomic E-state index is -0.405. The molecule has 1 aliphatic heterocycles. The zero-order valence-corrected chi connectivity index (χ0v) is 12.9. The van der Waals surface area contributed by atoms with E-state index in [1.807, 2.05) is 16.1 Å². The quantitative estimate of drug-likeness (QED) is 0.868. The molecule has 114 valence electrons. The Kier molecular flexibility index (Phi) is 4.22. The van der Waals surface area contributed by atoms with Crippen LogP contribution in [0.3, 0.4) is 0 Å². The molecule has 3 N–H and O–H groups in total. The van der Waals surface area contributed by atoms with Crippen LogP contribution in [0.5, 0.6) is 0 Å². The normalized spacial score (nSPS) is 17.0. The van der Waals surface area contributed by atoms with Crippen LogP contribution in [0.1, 0.15) is 32.9 Å². The molecule has 1 amide bonds. The van der Waals surface area contributed by atoms with E-state index in [0.29, 0.717) is 11.5 Å². The van der Waals surface area contributed by atoms with E-state index in [1.165, 1.54) is 0 Å². The van der Waals surface area contributed by atoms with Crippen LogP contribution in [0, 0.1) is 17.2 Å². The molecule has 0 fully saturated rings. The summed E-state index contributed by atoms with van der Waals surface area (Å²) in [5.41, 5.74) is 7.60. The van der Waals surface area contributed by atoms with Gasteiger partial charge in [-0.15, -0.1) is 11.3 Å². The second-order valence-electron chi connectivity index (χ2n) is 5.50. The lowest BCUT2D eigenvalue weighted by atomic mass is 9.94. The van der Waals surface area contributed by atoms with Crippen molar-refractivity contribution in [1.82, 2.24) is 15.1 Å². The maximum absolute atomic E-state index is 11.4. The number of rotatable bonds is 5. The van der Waals surface area contributed by atoms with E-state index in [9.17, 15) is 4.79 Å². The highest BCUT2D eigenvalue weighted by atomic mass is 32.1. The molecule has 2 aromatic heterocycles. The zero-order valence-electron chi connectivity index (χ0n) is 12.1. The number of carbonyl (C=O) groups is 1. The minimum Gasteiger partial charge on any atom is -0.365 e. The number of carbonyl (C=O) groups excluding carboxylic acids is 1. The summed E-state index contributed by atoms with van der Waals surface area (Å²) in [6.45, 7) is 2.47. The van der Waals surface area contributed by atoms with Gasteiger partial charge in [-0.05, 0) is 31.4 Å². The van der Waals surface area contributed by atoms with Gasteiger partial charge in [0.15, 0.2) is 0 Å². The third kappa shape index (κ3) is 3.03. The molecular formula is C15H17N5OS. The first-order valence-corrected chi connectivity index (χ1v) is 8.08. The third-order valence-electron chi connectivity index (χ3n) is 3.96. The average Bonchev–Trinajstić information content (AvgIpc) is 3.13. The van der Waals surface area contributed by atoms with Crippen molar-refractivity contribution in [2.45, 2.75) is 25.9 Å². The lowest BCUT2D eigenvalue weighted by molar-refractivity contribution is 0.0998. The van der Waals surface area contributed by atoms with Gasteiger partial charge in [-0.3, -0.25) is 9.48 Å². The number of fused-ring (bicyclic) bond motifs is 1. The monoisotopic (exact) mass is 315 g/mol. The standard InChI is InChI=1S/C15H17N5OS/c16-5-11-3-12(22-9-11)7-18-6-10-1-2-20-14(4-10)13(8-19-20)15(17)21/h3,8-10,18H,1-2,4,6-7H2,(H2,17,21)/t10-/m0/s1. The van der Waals surface area contributed by atoms with E-state index in [0.717, 1.165) is 48.6 Å². The second kappa shape index (κ2) is 6.30. The summed E-state index contributed by atoms with van der Waals surface area (Å²) in [4.78, 5) is 12.6. The van der Waals surface area contributed by atoms with Gasteiger partial charge in [0.1, 0.15) is 6.07 Å². The molecule has 6 nitrogen and oxygen atoms in total. The summed E-state index contributed by atoms with van der Waals surface area (Å²) in [6.07, 6.45) is 3.43. The number of nitriles is 1. The molecule has 22 heavy (non-hydrogen) atoms. The first-order chi connectivity index (χ1) is 10.7. The van der Waals surface area contributed by atoms with E-state index < -0.39 is 5.91 Å². The van der Waals surface area contributed by atoms with E-state index in [2.05, 4.69) is 16.5 Å². The number of aryl methyl sites for hydroxylation is 1. The Morgan fingerprint density at radius 2 is 2.50 bits per heavy atom. The maximum Gasteiger partial charge on any atom is 0.252 e. The van der Waals surface area contributed by atoms with Crippen molar-refractivity contribution in [2.24, 2.45) is 11.7 Å². The van der Waals surface area contributed by atoms with Gasteiger partial charge in [-0.2, -0.15) is 10.4 Å². The summed E-state index contributed by atoms with van der Waals surface area (Å²) < 4.78 is 1.88. The van der Waals surface area contributed by atoms with Crippen molar-refractivity contribution in [1.29, 1.82) is 5.26 Å². The van der Waals surface area contributed by atoms with Gasteiger partial charge < -0.3 is 11.1 Å². The van der Waals surface area contributed by atoms with Crippen molar-refractivity contribution in [3.05, 3.63) is 39.3 Å². The van der Waals surface area contributed by atoms with Crippen LogP contribution in [0.2, 0.25) is 0 Å². The Morgan fingerprint density at radius 3 is 3.23 bits per heavy atom. The van der Waals surface area contributed by atoms with Crippen LogP contribution in [0.25, 0.3) is 0 Å². The number of nitrogens with one attached hydrogen (secondary N) is 1. The number of primary amides is 1. The summed E-state index contributed by atoms with van der Waals surface area (Å²) in [6, 6.07) is 4.06. The van der Waals surface area contributed by atoms with Crippen LogP contribution >= 0.6 is 11.3 Å². The number of hydrogen-bond donors (Lipinski definition) is 2. The molecule has 0 unspecified atom stereocenters. The molecule has 0 saturated heterocycles. The molecule has 0 radical (unpaired) electrons. The predicted molar refractivity (Wildman–Crippen MR) is 83.3 cm³/mol. The molecule has 0 saturated carbocycles. The second-order valence-corrected chi connectivity index (χ2v) is 6.49. The first-order valence-electron chi connectivity index (χ1n) is 7.20. The van der Waals surface area contributed by atoms with Crippen LogP contribution in [-0.4, -0.2) is 22.2 Å². The van der Waals surface area contributed by atoms with Gasteiger partial charge >= 0.3 is 0 Å². The molecule has 0 aliphatic carbocycles. The van der Waals surface area contributed by atoms with Gasteiger partial charge in [0.25, 0.3) is 5.91 Å². The van der Waals surface area contributed by atoms with Gasteiger partial charge in [-0.1, -0.05) is 0 Å². The van der Waals surface area contributed by atoms with Crippen LogP contribution in [0.15, 0.2) is 17.6 Å². The lowest BCUT2D eigenvalue weighted by Crippen LogP contribution is -2.30. The van der Waals surface area contributed by atoms with E-state index in [4.69, 9.17) is 11.0 Å². The Bertz CT molecular complexity index is 727. The van der Waals surface area contributed by atoms with Crippen LogP contribution in [0.4, 0.5) is 0 Å². The number of nitrogens with zero attached hydrogens (tertiary/aromatic N) is 3. The molecule has 7 heteroatoms. The van der Waals surface area contributed by atoms with E-state index in [1.54, 1.807) is 17.5 Å². The predicted octanol–water partition coefficient (Wildman–Crippen LogP) is 1.27.